The second-order valence-corrected chi connectivity index (χ2v) is 5.09. The van der Waals surface area contributed by atoms with Crippen LogP contribution in [0.3, 0.4) is 0 Å². The number of hydrogen-bond acceptors (Lipinski definition) is 3. The number of ether oxygens (including phenoxy) is 1. The number of anilines is 1. The first-order valence-corrected chi connectivity index (χ1v) is 7.03. The monoisotopic (exact) mass is 266 g/mol. The zero-order valence-corrected chi connectivity index (χ0v) is 11.6. The molecule has 3 nitrogen and oxygen atoms in total. The fraction of sp³-hybridized carbons (Fsp3) is 0.600. The van der Waals surface area contributed by atoms with Crippen LogP contribution in [0.1, 0.15) is 26.2 Å². The van der Waals surface area contributed by atoms with Gasteiger partial charge in [-0.1, -0.05) is 12.1 Å². The predicted molar refractivity (Wildman–Crippen MR) is 75.9 cm³/mol. The number of hydrogen-bond donors (Lipinski definition) is 1. The van der Waals surface area contributed by atoms with Crippen molar-refractivity contribution >= 4 is 5.69 Å². The molecule has 1 aliphatic heterocycles. The van der Waals surface area contributed by atoms with Gasteiger partial charge in [0.1, 0.15) is 5.82 Å². The molecule has 4 heteroatoms. The zero-order valence-electron chi connectivity index (χ0n) is 11.6. The number of nitrogens with two attached hydrogens (primary N) is 1. The van der Waals surface area contributed by atoms with Crippen LogP contribution in [0, 0.1) is 5.82 Å². The lowest BCUT2D eigenvalue weighted by Gasteiger charge is -2.44. The van der Waals surface area contributed by atoms with E-state index in [1.54, 1.807) is 6.07 Å². The lowest BCUT2D eigenvalue weighted by Crippen LogP contribution is -2.54. The molecule has 0 saturated carbocycles. The number of rotatable bonds is 4. The molecule has 0 spiro atoms. The molecular weight excluding hydrogens is 243 g/mol. The SMILES string of the molecule is CCN(c1ccccc1F)C1(CN)CCCOCC1. The highest BCUT2D eigenvalue weighted by Crippen LogP contribution is 2.33. The third-order valence-corrected chi connectivity index (χ3v) is 4.05. The van der Waals surface area contributed by atoms with Crippen LogP contribution in [0.15, 0.2) is 24.3 Å². The quantitative estimate of drug-likeness (QED) is 0.910. The summed E-state index contributed by atoms with van der Waals surface area (Å²) in [5.74, 6) is -0.178. The summed E-state index contributed by atoms with van der Waals surface area (Å²) in [5.41, 5.74) is 6.52. The average molecular weight is 266 g/mol. The Morgan fingerprint density at radius 3 is 2.79 bits per heavy atom. The van der Waals surface area contributed by atoms with E-state index in [9.17, 15) is 4.39 Å². The molecule has 0 bridgehead atoms. The molecule has 106 valence electrons. The lowest BCUT2D eigenvalue weighted by atomic mass is 9.87. The fourth-order valence-electron chi connectivity index (χ4n) is 3.01. The van der Waals surface area contributed by atoms with Gasteiger partial charge in [-0.05, 0) is 38.3 Å². The smallest absolute Gasteiger partial charge is 0.146 e. The van der Waals surface area contributed by atoms with Crippen LogP contribution in [0.25, 0.3) is 0 Å². The Morgan fingerprint density at radius 1 is 1.32 bits per heavy atom. The fourth-order valence-corrected chi connectivity index (χ4v) is 3.01. The molecule has 1 saturated heterocycles. The van der Waals surface area contributed by atoms with Crippen LogP contribution >= 0.6 is 0 Å². The molecule has 1 fully saturated rings. The average Bonchev–Trinajstić information content (AvgIpc) is 2.68. The summed E-state index contributed by atoms with van der Waals surface area (Å²) in [6, 6.07) is 6.94. The molecule has 1 unspecified atom stereocenters. The number of nitrogens with zero attached hydrogens (tertiary/aromatic N) is 1. The molecule has 1 aromatic rings. The number of benzene rings is 1. The van der Waals surface area contributed by atoms with Gasteiger partial charge in [0.15, 0.2) is 0 Å². The van der Waals surface area contributed by atoms with Gasteiger partial charge in [-0.2, -0.15) is 0 Å². The Kier molecular flexibility index (Phi) is 4.77. The third-order valence-electron chi connectivity index (χ3n) is 4.05. The van der Waals surface area contributed by atoms with Crippen LogP contribution < -0.4 is 10.6 Å². The summed E-state index contributed by atoms with van der Waals surface area (Å²) >= 11 is 0. The van der Waals surface area contributed by atoms with Gasteiger partial charge in [0.25, 0.3) is 0 Å². The van der Waals surface area contributed by atoms with E-state index >= 15 is 0 Å². The van der Waals surface area contributed by atoms with Crippen LogP contribution in [0.5, 0.6) is 0 Å². The van der Waals surface area contributed by atoms with Crippen molar-refractivity contribution in [1.82, 2.24) is 0 Å². The van der Waals surface area contributed by atoms with Gasteiger partial charge < -0.3 is 15.4 Å². The maximum absolute atomic E-state index is 14.1. The van der Waals surface area contributed by atoms with Gasteiger partial charge in [-0.15, -0.1) is 0 Å². The molecule has 2 rings (SSSR count). The summed E-state index contributed by atoms with van der Waals surface area (Å²) in [6.45, 7) is 4.80. The van der Waals surface area contributed by atoms with Gasteiger partial charge in [0.05, 0.1) is 11.2 Å². The predicted octanol–water partition coefficient (Wildman–Crippen LogP) is 2.55. The van der Waals surface area contributed by atoms with Crippen molar-refractivity contribution < 1.29 is 9.13 Å². The zero-order chi connectivity index (χ0) is 13.7. The minimum absolute atomic E-state index is 0.178. The second kappa shape index (κ2) is 6.35. The Bertz CT molecular complexity index is 403. The van der Waals surface area contributed by atoms with Crippen molar-refractivity contribution in [3.63, 3.8) is 0 Å². The van der Waals surface area contributed by atoms with Crippen molar-refractivity contribution in [3.05, 3.63) is 30.1 Å². The minimum atomic E-state index is -0.187. The molecule has 1 atom stereocenters. The van der Waals surface area contributed by atoms with Gasteiger partial charge in [-0.3, -0.25) is 0 Å². The maximum Gasteiger partial charge on any atom is 0.146 e. The number of halogens is 1. The summed E-state index contributed by atoms with van der Waals surface area (Å²) < 4.78 is 19.6. The third kappa shape index (κ3) is 2.90. The van der Waals surface area contributed by atoms with Crippen LogP contribution in [0.4, 0.5) is 10.1 Å². The molecule has 0 aromatic heterocycles. The molecule has 1 heterocycles. The molecule has 0 radical (unpaired) electrons. The standard InChI is InChI=1S/C15H23FN2O/c1-2-18(14-7-4-3-6-13(14)16)15(12-17)8-5-10-19-11-9-15/h3-4,6-7H,2,5,8-12,17H2,1H3. The Labute approximate surface area is 114 Å². The largest absolute Gasteiger partial charge is 0.381 e. The molecular formula is C15H23FN2O. The second-order valence-electron chi connectivity index (χ2n) is 5.09. The number of likely N-dealkylation sites (N-methyl/N-ethyl adjacent to an activating group) is 1. The van der Waals surface area contributed by atoms with Crippen molar-refractivity contribution in [1.29, 1.82) is 0 Å². The highest BCUT2D eigenvalue weighted by molar-refractivity contribution is 5.50. The van der Waals surface area contributed by atoms with E-state index in [2.05, 4.69) is 11.8 Å². The van der Waals surface area contributed by atoms with Gasteiger partial charge in [0, 0.05) is 26.3 Å². The molecule has 1 aliphatic rings. The van der Waals surface area contributed by atoms with Crippen molar-refractivity contribution in [2.75, 3.05) is 31.2 Å². The molecule has 0 amide bonds. The first-order chi connectivity index (χ1) is 9.23. The van der Waals surface area contributed by atoms with Crippen LogP contribution in [-0.4, -0.2) is 31.8 Å². The highest BCUT2D eigenvalue weighted by atomic mass is 19.1. The lowest BCUT2D eigenvalue weighted by molar-refractivity contribution is 0.139. The van der Waals surface area contributed by atoms with Gasteiger partial charge in [-0.25, -0.2) is 4.39 Å². The van der Waals surface area contributed by atoms with E-state index in [-0.39, 0.29) is 11.4 Å². The van der Waals surface area contributed by atoms with Gasteiger partial charge in [0.2, 0.25) is 0 Å². The Balaban J connectivity index is 2.35. The summed E-state index contributed by atoms with van der Waals surface area (Å²) in [4.78, 5) is 2.12. The highest BCUT2D eigenvalue weighted by Gasteiger charge is 2.36. The molecule has 2 N–H and O–H groups in total. The van der Waals surface area contributed by atoms with E-state index < -0.39 is 0 Å². The minimum Gasteiger partial charge on any atom is -0.381 e. The van der Waals surface area contributed by atoms with Crippen molar-refractivity contribution in [2.24, 2.45) is 5.73 Å². The topological polar surface area (TPSA) is 38.5 Å². The molecule has 1 aromatic carbocycles. The number of para-hydroxylation sites is 1. The van der Waals surface area contributed by atoms with E-state index in [4.69, 9.17) is 10.5 Å². The van der Waals surface area contributed by atoms with Crippen molar-refractivity contribution in [2.45, 2.75) is 31.7 Å². The Hall–Kier alpha value is -1.13. The van der Waals surface area contributed by atoms with E-state index in [1.807, 2.05) is 12.1 Å². The summed E-state index contributed by atoms with van der Waals surface area (Å²) in [6.07, 6.45) is 2.78. The first-order valence-electron chi connectivity index (χ1n) is 7.03. The Morgan fingerprint density at radius 2 is 2.11 bits per heavy atom. The maximum atomic E-state index is 14.1. The van der Waals surface area contributed by atoms with E-state index in [0.717, 1.165) is 32.4 Å². The van der Waals surface area contributed by atoms with Crippen LogP contribution in [-0.2, 0) is 4.74 Å². The van der Waals surface area contributed by atoms with E-state index in [0.29, 0.717) is 18.8 Å². The van der Waals surface area contributed by atoms with Gasteiger partial charge >= 0.3 is 0 Å². The summed E-state index contributed by atoms with van der Waals surface area (Å²) in [7, 11) is 0. The van der Waals surface area contributed by atoms with E-state index in [1.165, 1.54) is 6.07 Å². The summed E-state index contributed by atoms with van der Waals surface area (Å²) in [5, 5.41) is 0. The molecule has 0 aliphatic carbocycles. The molecule has 19 heavy (non-hydrogen) atoms. The van der Waals surface area contributed by atoms with Crippen LogP contribution in [0.2, 0.25) is 0 Å². The first kappa shape index (κ1) is 14.3. The van der Waals surface area contributed by atoms with Crippen molar-refractivity contribution in [3.8, 4) is 0 Å². The normalized spacial score (nSPS) is 23.9.